The number of piperidine rings is 1. The molecule has 2 aliphatic rings. The van der Waals surface area contributed by atoms with Crippen LogP contribution in [-0.2, 0) is 19.6 Å². The molecule has 146 valence electrons. The highest BCUT2D eigenvalue weighted by Gasteiger charge is 2.14. The molecule has 1 aromatic heterocycles. The molecule has 2 aromatic rings. The van der Waals surface area contributed by atoms with Crippen LogP contribution in [0.1, 0.15) is 47.4 Å². The minimum Gasteiger partial charge on any atom is -0.372 e. The van der Waals surface area contributed by atoms with Crippen molar-refractivity contribution in [3.63, 3.8) is 0 Å². The molecule has 0 aliphatic carbocycles. The Morgan fingerprint density at radius 1 is 1.07 bits per heavy atom. The zero-order valence-corrected chi connectivity index (χ0v) is 16.4. The highest BCUT2D eigenvalue weighted by Crippen LogP contribution is 2.20. The van der Waals surface area contributed by atoms with Crippen molar-refractivity contribution in [1.82, 2.24) is 20.4 Å². The Morgan fingerprint density at radius 3 is 2.63 bits per heavy atom. The lowest BCUT2D eigenvalue weighted by molar-refractivity contribution is 0.0950. The van der Waals surface area contributed by atoms with Crippen LogP contribution in [0, 0.1) is 0 Å². The van der Waals surface area contributed by atoms with Crippen molar-refractivity contribution in [3.05, 3.63) is 47.3 Å². The van der Waals surface area contributed by atoms with Gasteiger partial charge in [0.05, 0.1) is 17.9 Å². The van der Waals surface area contributed by atoms with Crippen molar-refractivity contribution < 1.29 is 4.79 Å². The number of amides is 1. The van der Waals surface area contributed by atoms with E-state index in [1.54, 1.807) is 0 Å². The molecule has 0 atom stereocenters. The van der Waals surface area contributed by atoms with E-state index in [0.717, 1.165) is 44.8 Å². The molecule has 0 bridgehead atoms. The van der Waals surface area contributed by atoms with Crippen molar-refractivity contribution in [2.75, 3.05) is 24.5 Å². The molecular formula is C20H28ClN5O. The molecule has 6 nitrogen and oxygen atoms in total. The molecule has 0 saturated carbocycles. The van der Waals surface area contributed by atoms with E-state index in [9.17, 15) is 4.79 Å². The van der Waals surface area contributed by atoms with Crippen LogP contribution in [0.5, 0.6) is 0 Å². The fraction of sp³-hybridized carbons (Fsp3) is 0.500. The number of aryl methyl sites for hydroxylation is 1. The molecule has 4 rings (SSSR count). The Hall–Kier alpha value is -2.05. The second-order valence-electron chi connectivity index (χ2n) is 7.16. The number of carbonyl (C=O) groups is 1. The summed E-state index contributed by atoms with van der Waals surface area (Å²) >= 11 is 0. The Kier molecular flexibility index (Phi) is 6.74. The van der Waals surface area contributed by atoms with Crippen LogP contribution in [0.15, 0.2) is 30.3 Å². The van der Waals surface area contributed by atoms with Gasteiger partial charge in [-0.05, 0) is 62.6 Å². The van der Waals surface area contributed by atoms with Gasteiger partial charge in [-0.25, -0.2) is 0 Å². The van der Waals surface area contributed by atoms with Crippen LogP contribution in [0.25, 0.3) is 0 Å². The number of hydrogen-bond acceptors (Lipinski definition) is 4. The van der Waals surface area contributed by atoms with Crippen LogP contribution in [0.3, 0.4) is 0 Å². The van der Waals surface area contributed by atoms with E-state index >= 15 is 0 Å². The first-order valence-electron chi connectivity index (χ1n) is 9.69. The smallest absolute Gasteiger partial charge is 0.251 e. The lowest BCUT2D eigenvalue weighted by atomic mass is 10.1. The molecule has 2 aliphatic heterocycles. The number of anilines is 1. The summed E-state index contributed by atoms with van der Waals surface area (Å²) in [6.07, 6.45) is 4.92. The summed E-state index contributed by atoms with van der Waals surface area (Å²) in [6.45, 7) is 5.51. The fourth-order valence-corrected chi connectivity index (χ4v) is 3.76. The monoisotopic (exact) mass is 389 g/mol. The number of hydrogen-bond donors (Lipinski definition) is 2. The maximum absolute atomic E-state index is 12.4. The topological polar surface area (TPSA) is 62.2 Å². The molecule has 1 saturated heterocycles. The molecule has 1 amide bonds. The van der Waals surface area contributed by atoms with E-state index in [0.29, 0.717) is 12.1 Å². The van der Waals surface area contributed by atoms with Gasteiger partial charge in [-0.3, -0.25) is 9.48 Å². The van der Waals surface area contributed by atoms with Crippen molar-refractivity contribution >= 4 is 24.0 Å². The van der Waals surface area contributed by atoms with Gasteiger partial charge in [-0.1, -0.05) is 0 Å². The third-order valence-corrected chi connectivity index (χ3v) is 5.22. The van der Waals surface area contributed by atoms with Gasteiger partial charge in [-0.15, -0.1) is 12.4 Å². The maximum atomic E-state index is 12.4. The molecule has 1 aromatic carbocycles. The van der Waals surface area contributed by atoms with Gasteiger partial charge in [0.1, 0.15) is 0 Å². The zero-order valence-electron chi connectivity index (χ0n) is 15.6. The maximum Gasteiger partial charge on any atom is 0.251 e. The largest absolute Gasteiger partial charge is 0.372 e. The molecular weight excluding hydrogens is 362 g/mol. The molecule has 3 heterocycles. The van der Waals surface area contributed by atoms with Crippen molar-refractivity contribution in [2.45, 2.75) is 45.3 Å². The first kappa shape index (κ1) is 19.7. The number of nitrogens with one attached hydrogen (secondary N) is 2. The standard InChI is InChI=1S/C20H27N5O.ClH/c26-20(16-5-7-18(8-6-16)24-10-2-1-3-11-24)22-14-17-13-19-15-21-9-4-12-25(19)23-17;/h5-8,13,21H,1-4,9-12,14-15H2,(H,22,26);1H. The van der Waals surface area contributed by atoms with Crippen LogP contribution >= 0.6 is 12.4 Å². The second-order valence-corrected chi connectivity index (χ2v) is 7.16. The Morgan fingerprint density at radius 2 is 1.85 bits per heavy atom. The van der Waals surface area contributed by atoms with E-state index in [1.807, 2.05) is 12.1 Å². The van der Waals surface area contributed by atoms with Gasteiger partial charge in [-0.2, -0.15) is 5.10 Å². The molecule has 27 heavy (non-hydrogen) atoms. The highest BCUT2D eigenvalue weighted by atomic mass is 35.5. The van der Waals surface area contributed by atoms with Gasteiger partial charge >= 0.3 is 0 Å². The predicted octanol–water partition coefficient (Wildman–Crippen LogP) is 2.72. The first-order valence-corrected chi connectivity index (χ1v) is 9.69. The van der Waals surface area contributed by atoms with E-state index in [2.05, 4.69) is 43.5 Å². The summed E-state index contributed by atoms with van der Waals surface area (Å²) in [5, 5.41) is 11.0. The number of halogens is 1. The Bertz CT molecular complexity index is 729. The van der Waals surface area contributed by atoms with E-state index in [4.69, 9.17) is 0 Å². The molecule has 0 unspecified atom stereocenters. The summed E-state index contributed by atoms with van der Waals surface area (Å²) in [6, 6.07) is 10.0. The normalized spacial score (nSPS) is 16.8. The number of nitrogens with zero attached hydrogens (tertiary/aromatic N) is 3. The minimum absolute atomic E-state index is 0. The lowest BCUT2D eigenvalue weighted by Crippen LogP contribution is -2.29. The first-order chi connectivity index (χ1) is 12.8. The van der Waals surface area contributed by atoms with Crippen LogP contribution < -0.4 is 15.5 Å². The molecule has 1 fully saturated rings. The predicted molar refractivity (Wildman–Crippen MR) is 109 cm³/mol. The third-order valence-electron chi connectivity index (χ3n) is 5.22. The van der Waals surface area contributed by atoms with Crippen molar-refractivity contribution in [2.24, 2.45) is 0 Å². The Labute approximate surface area is 166 Å². The van der Waals surface area contributed by atoms with Gasteiger partial charge in [0.25, 0.3) is 5.91 Å². The summed E-state index contributed by atoms with van der Waals surface area (Å²) in [5.74, 6) is -0.0449. The number of aromatic nitrogens is 2. The third kappa shape index (κ3) is 4.82. The SMILES string of the molecule is Cl.O=C(NCc1cc2n(n1)CCCNC2)c1ccc(N2CCCCC2)cc1. The number of carbonyl (C=O) groups excluding carboxylic acids is 1. The number of fused-ring (bicyclic) bond motifs is 1. The van der Waals surface area contributed by atoms with Crippen molar-refractivity contribution in [1.29, 1.82) is 0 Å². The van der Waals surface area contributed by atoms with E-state index in [1.165, 1.54) is 30.6 Å². The second kappa shape index (κ2) is 9.24. The van der Waals surface area contributed by atoms with Gasteiger partial charge in [0, 0.05) is 37.4 Å². The summed E-state index contributed by atoms with van der Waals surface area (Å²) in [5.41, 5.74) is 4.03. The Balaban J connectivity index is 0.00000210. The molecule has 0 radical (unpaired) electrons. The quantitative estimate of drug-likeness (QED) is 0.844. The zero-order chi connectivity index (χ0) is 17.8. The van der Waals surface area contributed by atoms with Crippen LogP contribution in [0.4, 0.5) is 5.69 Å². The molecule has 2 N–H and O–H groups in total. The number of rotatable bonds is 4. The average molecular weight is 390 g/mol. The van der Waals surface area contributed by atoms with Crippen molar-refractivity contribution in [3.8, 4) is 0 Å². The number of benzene rings is 1. The van der Waals surface area contributed by atoms with Crippen LogP contribution in [-0.4, -0.2) is 35.3 Å². The summed E-state index contributed by atoms with van der Waals surface area (Å²) < 4.78 is 2.05. The fourth-order valence-electron chi connectivity index (χ4n) is 3.76. The molecule has 0 spiro atoms. The summed E-state index contributed by atoms with van der Waals surface area (Å²) in [7, 11) is 0. The van der Waals surface area contributed by atoms with Gasteiger partial charge < -0.3 is 15.5 Å². The lowest BCUT2D eigenvalue weighted by Gasteiger charge is -2.28. The van der Waals surface area contributed by atoms with E-state index < -0.39 is 0 Å². The van der Waals surface area contributed by atoms with Gasteiger partial charge in [0.2, 0.25) is 0 Å². The molecule has 7 heteroatoms. The van der Waals surface area contributed by atoms with Gasteiger partial charge in [0.15, 0.2) is 0 Å². The highest BCUT2D eigenvalue weighted by molar-refractivity contribution is 5.94. The summed E-state index contributed by atoms with van der Waals surface area (Å²) in [4.78, 5) is 14.8. The van der Waals surface area contributed by atoms with E-state index in [-0.39, 0.29) is 18.3 Å². The average Bonchev–Trinajstić information content (AvgIpc) is 2.96. The van der Waals surface area contributed by atoms with Crippen LogP contribution in [0.2, 0.25) is 0 Å². The minimum atomic E-state index is -0.0449.